The number of methoxy groups -OCH3 is 2. The molecule has 2 atom stereocenters. The number of benzene rings is 1. The number of carbonyl (C=O) groups excluding carboxylic acids is 1. The van der Waals surface area contributed by atoms with E-state index >= 15 is 0 Å². The molecule has 0 aliphatic carbocycles. The Labute approximate surface area is 150 Å². The van der Waals surface area contributed by atoms with E-state index in [1.54, 1.807) is 7.11 Å². The van der Waals surface area contributed by atoms with Crippen LogP contribution in [0.2, 0.25) is 0 Å². The maximum absolute atomic E-state index is 11.9. The lowest BCUT2D eigenvalue weighted by atomic mass is 9.99. The van der Waals surface area contributed by atoms with Crippen molar-refractivity contribution < 1.29 is 14.3 Å². The van der Waals surface area contributed by atoms with Crippen LogP contribution in [0.15, 0.2) is 29.3 Å². The molecule has 1 fully saturated rings. The number of hydrogen-bond acceptors (Lipinski definition) is 4. The van der Waals surface area contributed by atoms with Crippen molar-refractivity contribution in [2.75, 3.05) is 33.9 Å². The predicted molar refractivity (Wildman–Crippen MR) is 98.2 cm³/mol. The third kappa shape index (κ3) is 4.95. The molecule has 1 aromatic carbocycles. The Morgan fingerprint density at radius 1 is 1.28 bits per heavy atom. The van der Waals surface area contributed by atoms with E-state index in [9.17, 15) is 4.79 Å². The van der Waals surface area contributed by atoms with Crippen molar-refractivity contribution in [1.82, 2.24) is 10.2 Å². The molecule has 1 saturated heterocycles. The molecule has 138 valence electrons. The number of esters is 1. The summed E-state index contributed by atoms with van der Waals surface area (Å²) in [5.41, 5.74) is 2.29. The zero-order valence-electron chi connectivity index (χ0n) is 15.6. The third-order valence-corrected chi connectivity index (χ3v) is 4.57. The van der Waals surface area contributed by atoms with Gasteiger partial charge in [0.05, 0.1) is 26.2 Å². The molecule has 1 N–H and O–H groups in total. The summed E-state index contributed by atoms with van der Waals surface area (Å²) < 4.78 is 10.2. The van der Waals surface area contributed by atoms with Crippen LogP contribution >= 0.6 is 0 Å². The maximum atomic E-state index is 11.9. The zero-order valence-corrected chi connectivity index (χ0v) is 15.6. The third-order valence-electron chi connectivity index (χ3n) is 4.57. The topological polar surface area (TPSA) is 63.2 Å². The number of rotatable bonds is 6. The summed E-state index contributed by atoms with van der Waals surface area (Å²) in [6, 6.07) is 8.16. The molecule has 1 aliphatic heterocycles. The fraction of sp³-hybridized carbons (Fsp3) is 0.579. The van der Waals surface area contributed by atoms with Crippen LogP contribution in [-0.2, 0) is 27.4 Å². The van der Waals surface area contributed by atoms with E-state index < -0.39 is 0 Å². The van der Waals surface area contributed by atoms with Crippen LogP contribution in [0, 0.1) is 11.8 Å². The fourth-order valence-corrected chi connectivity index (χ4v) is 3.19. The van der Waals surface area contributed by atoms with Crippen LogP contribution in [0.1, 0.15) is 25.0 Å². The number of hydrogen-bond donors (Lipinski definition) is 1. The smallest absolute Gasteiger partial charge is 0.310 e. The highest BCUT2D eigenvalue weighted by molar-refractivity contribution is 5.82. The Kier molecular flexibility index (Phi) is 7.25. The second-order valence-corrected chi connectivity index (χ2v) is 6.38. The Hall–Kier alpha value is -2.08. The van der Waals surface area contributed by atoms with Gasteiger partial charge in [-0.3, -0.25) is 4.79 Å². The van der Waals surface area contributed by atoms with E-state index in [4.69, 9.17) is 14.5 Å². The molecule has 6 nitrogen and oxygen atoms in total. The van der Waals surface area contributed by atoms with Gasteiger partial charge in [0.15, 0.2) is 5.96 Å². The fourth-order valence-electron chi connectivity index (χ4n) is 3.19. The minimum absolute atomic E-state index is 0.102. The monoisotopic (exact) mass is 347 g/mol. The standard InChI is InChI=1S/C19H29N3O3/c1-5-20-19(22-11-14(2)17(12-22)18(23)25-4)21-10-15-8-6-7-9-16(15)13-24-3/h6-9,14,17H,5,10-13H2,1-4H3,(H,20,21). The van der Waals surface area contributed by atoms with Crippen molar-refractivity contribution in [2.24, 2.45) is 16.8 Å². The Morgan fingerprint density at radius 3 is 2.64 bits per heavy atom. The molecule has 25 heavy (non-hydrogen) atoms. The summed E-state index contributed by atoms with van der Waals surface area (Å²) in [6.07, 6.45) is 0. The lowest BCUT2D eigenvalue weighted by Gasteiger charge is -2.21. The number of guanidine groups is 1. The van der Waals surface area contributed by atoms with Gasteiger partial charge in [-0.15, -0.1) is 0 Å². The highest BCUT2D eigenvalue weighted by Gasteiger charge is 2.36. The summed E-state index contributed by atoms with van der Waals surface area (Å²) in [7, 11) is 3.15. The van der Waals surface area contributed by atoms with Gasteiger partial charge < -0.3 is 19.7 Å². The first-order valence-electron chi connectivity index (χ1n) is 8.77. The number of carbonyl (C=O) groups is 1. The van der Waals surface area contributed by atoms with Crippen LogP contribution in [0.5, 0.6) is 0 Å². The number of ether oxygens (including phenoxy) is 2. The maximum Gasteiger partial charge on any atom is 0.310 e. The molecule has 0 spiro atoms. The molecule has 0 radical (unpaired) electrons. The number of nitrogens with zero attached hydrogens (tertiary/aromatic N) is 2. The van der Waals surface area contributed by atoms with Gasteiger partial charge in [-0.2, -0.15) is 0 Å². The van der Waals surface area contributed by atoms with Crippen molar-refractivity contribution in [1.29, 1.82) is 0 Å². The van der Waals surface area contributed by atoms with E-state index in [1.807, 2.05) is 19.1 Å². The lowest BCUT2D eigenvalue weighted by molar-refractivity contribution is -0.145. The first-order chi connectivity index (χ1) is 12.1. The van der Waals surface area contributed by atoms with Gasteiger partial charge in [0.25, 0.3) is 0 Å². The molecule has 0 saturated carbocycles. The molecule has 0 bridgehead atoms. The molecule has 1 aromatic rings. The summed E-state index contributed by atoms with van der Waals surface area (Å²) in [5, 5.41) is 3.34. The van der Waals surface area contributed by atoms with Crippen molar-refractivity contribution in [2.45, 2.75) is 27.0 Å². The van der Waals surface area contributed by atoms with Crippen LogP contribution in [-0.4, -0.2) is 50.7 Å². The highest BCUT2D eigenvalue weighted by Crippen LogP contribution is 2.24. The largest absolute Gasteiger partial charge is 0.469 e. The summed E-state index contributed by atoms with van der Waals surface area (Å²) in [6.45, 7) is 7.50. The zero-order chi connectivity index (χ0) is 18.2. The van der Waals surface area contributed by atoms with Crippen LogP contribution in [0.4, 0.5) is 0 Å². The highest BCUT2D eigenvalue weighted by atomic mass is 16.5. The van der Waals surface area contributed by atoms with E-state index in [0.29, 0.717) is 19.7 Å². The van der Waals surface area contributed by atoms with Gasteiger partial charge in [-0.25, -0.2) is 4.99 Å². The quantitative estimate of drug-likeness (QED) is 0.485. The van der Waals surface area contributed by atoms with Gasteiger partial charge in [-0.1, -0.05) is 31.2 Å². The SMILES string of the molecule is CCNC(=NCc1ccccc1COC)N1CC(C)C(C(=O)OC)C1. The van der Waals surface area contributed by atoms with Gasteiger partial charge in [-0.05, 0) is 24.0 Å². The van der Waals surface area contributed by atoms with E-state index in [1.165, 1.54) is 7.11 Å². The van der Waals surface area contributed by atoms with E-state index in [2.05, 4.69) is 29.3 Å². The van der Waals surface area contributed by atoms with Crippen LogP contribution < -0.4 is 5.32 Å². The van der Waals surface area contributed by atoms with Gasteiger partial charge in [0, 0.05) is 26.7 Å². The minimum Gasteiger partial charge on any atom is -0.469 e. The summed E-state index contributed by atoms with van der Waals surface area (Å²) in [5.74, 6) is 0.843. The second-order valence-electron chi connectivity index (χ2n) is 6.38. The van der Waals surface area contributed by atoms with Crippen molar-refractivity contribution in [3.63, 3.8) is 0 Å². The van der Waals surface area contributed by atoms with Gasteiger partial charge in [0.2, 0.25) is 0 Å². The Morgan fingerprint density at radius 2 is 2.00 bits per heavy atom. The van der Waals surface area contributed by atoms with Crippen LogP contribution in [0.3, 0.4) is 0 Å². The summed E-state index contributed by atoms with van der Waals surface area (Å²) in [4.78, 5) is 18.9. The number of likely N-dealkylation sites (tertiary alicyclic amines) is 1. The summed E-state index contributed by atoms with van der Waals surface area (Å²) >= 11 is 0. The minimum atomic E-state index is -0.142. The van der Waals surface area contributed by atoms with Crippen molar-refractivity contribution in [3.8, 4) is 0 Å². The molecule has 2 rings (SSSR count). The molecular weight excluding hydrogens is 318 g/mol. The average molecular weight is 347 g/mol. The second kappa shape index (κ2) is 9.42. The number of aliphatic imine (C=N–C) groups is 1. The van der Waals surface area contributed by atoms with Gasteiger partial charge in [0.1, 0.15) is 0 Å². The van der Waals surface area contributed by atoms with Crippen molar-refractivity contribution >= 4 is 11.9 Å². The lowest BCUT2D eigenvalue weighted by Crippen LogP contribution is -2.40. The first-order valence-corrected chi connectivity index (χ1v) is 8.77. The number of nitrogens with one attached hydrogen (secondary N) is 1. The molecule has 0 amide bonds. The van der Waals surface area contributed by atoms with E-state index in [-0.39, 0.29) is 17.8 Å². The predicted octanol–water partition coefficient (Wildman–Crippen LogP) is 2.04. The van der Waals surface area contributed by atoms with Crippen LogP contribution in [0.25, 0.3) is 0 Å². The van der Waals surface area contributed by atoms with Crippen molar-refractivity contribution in [3.05, 3.63) is 35.4 Å². The van der Waals surface area contributed by atoms with E-state index in [0.717, 1.165) is 30.2 Å². The first kappa shape index (κ1) is 19.2. The van der Waals surface area contributed by atoms with Gasteiger partial charge >= 0.3 is 5.97 Å². The molecule has 2 unspecified atom stereocenters. The average Bonchev–Trinajstić information content (AvgIpc) is 3.01. The molecule has 6 heteroatoms. The molecular formula is C19H29N3O3. The Balaban J connectivity index is 2.13. The molecule has 1 aliphatic rings. The molecule has 1 heterocycles. The molecule has 0 aromatic heterocycles. The Bertz CT molecular complexity index is 603. The normalized spacial score (nSPS) is 20.6.